The van der Waals surface area contributed by atoms with Gasteiger partial charge in [0, 0.05) is 26.2 Å². The number of piperazine rings is 1. The summed E-state index contributed by atoms with van der Waals surface area (Å²) in [6.07, 6.45) is -0.318. The fraction of sp³-hybridized carbons (Fsp3) is 0.368. The summed E-state index contributed by atoms with van der Waals surface area (Å²) in [6.45, 7) is 4.11. The van der Waals surface area contributed by atoms with Crippen molar-refractivity contribution in [1.82, 2.24) is 9.80 Å². The Bertz CT molecular complexity index is 754. The number of carbonyl (C=O) groups is 2. The highest BCUT2D eigenvalue weighted by atomic mass is 16.6. The molecule has 25 heavy (non-hydrogen) atoms. The van der Waals surface area contributed by atoms with E-state index in [1.807, 2.05) is 42.5 Å². The van der Waals surface area contributed by atoms with Gasteiger partial charge in [-0.3, -0.25) is 4.79 Å². The Morgan fingerprint density at radius 2 is 1.64 bits per heavy atom. The van der Waals surface area contributed by atoms with Gasteiger partial charge in [0.05, 0.1) is 6.61 Å². The maximum atomic E-state index is 12.3. The molecule has 0 aromatic heterocycles. The summed E-state index contributed by atoms with van der Waals surface area (Å²) < 4.78 is 10.6. The first-order valence-corrected chi connectivity index (χ1v) is 8.48. The minimum absolute atomic E-state index is 0.00224. The van der Waals surface area contributed by atoms with Crippen molar-refractivity contribution in [3.05, 3.63) is 42.5 Å². The van der Waals surface area contributed by atoms with Crippen molar-refractivity contribution in [2.24, 2.45) is 0 Å². The Labute approximate surface area is 146 Å². The predicted molar refractivity (Wildman–Crippen MR) is 94.6 cm³/mol. The molecule has 3 rings (SSSR count). The van der Waals surface area contributed by atoms with Crippen LogP contribution in [0.3, 0.4) is 0 Å². The third-order valence-corrected chi connectivity index (χ3v) is 4.24. The average Bonchev–Trinajstić information content (AvgIpc) is 2.66. The van der Waals surface area contributed by atoms with E-state index in [0.29, 0.717) is 38.5 Å². The van der Waals surface area contributed by atoms with Crippen LogP contribution >= 0.6 is 0 Å². The van der Waals surface area contributed by atoms with Crippen LogP contribution in [0, 0.1) is 0 Å². The number of carbonyl (C=O) groups excluding carboxylic acids is 2. The second kappa shape index (κ2) is 7.88. The van der Waals surface area contributed by atoms with E-state index >= 15 is 0 Å². The van der Waals surface area contributed by atoms with Crippen LogP contribution in [0.2, 0.25) is 0 Å². The molecule has 2 aromatic rings. The molecule has 2 amide bonds. The van der Waals surface area contributed by atoms with Crippen LogP contribution in [0.4, 0.5) is 4.79 Å². The van der Waals surface area contributed by atoms with Crippen molar-refractivity contribution in [3.63, 3.8) is 0 Å². The maximum absolute atomic E-state index is 12.3. The lowest BCUT2D eigenvalue weighted by molar-refractivity contribution is -0.134. The van der Waals surface area contributed by atoms with Crippen molar-refractivity contribution in [2.75, 3.05) is 39.4 Å². The lowest BCUT2D eigenvalue weighted by Gasteiger charge is -2.33. The molecule has 1 heterocycles. The first-order valence-electron chi connectivity index (χ1n) is 8.48. The fourth-order valence-electron chi connectivity index (χ4n) is 2.85. The van der Waals surface area contributed by atoms with E-state index in [9.17, 15) is 9.59 Å². The van der Waals surface area contributed by atoms with Crippen LogP contribution in [0.1, 0.15) is 6.92 Å². The Morgan fingerprint density at radius 1 is 0.960 bits per heavy atom. The molecule has 1 aliphatic heterocycles. The molecule has 0 radical (unpaired) electrons. The number of hydrogen-bond donors (Lipinski definition) is 0. The molecule has 0 N–H and O–H groups in total. The van der Waals surface area contributed by atoms with Gasteiger partial charge in [0.1, 0.15) is 5.75 Å². The van der Waals surface area contributed by atoms with Crippen molar-refractivity contribution in [2.45, 2.75) is 6.92 Å². The molecule has 1 fully saturated rings. The second-order valence-corrected chi connectivity index (χ2v) is 5.86. The lowest BCUT2D eigenvalue weighted by Crippen LogP contribution is -2.51. The number of fused-ring (bicyclic) bond motifs is 1. The fourth-order valence-corrected chi connectivity index (χ4v) is 2.85. The van der Waals surface area contributed by atoms with Gasteiger partial charge in [0.2, 0.25) is 0 Å². The van der Waals surface area contributed by atoms with Gasteiger partial charge >= 0.3 is 6.09 Å². The summed E-state index contributed by atoms with van der Waals surface area (Å²) in [7, 11) is 0. The maximum Gasteiger partial charge on any atom is 0.409 e. The van der Waals surface area contributed by atoms with Gasteiger partial charge in [0.25, 0.3) is 5.91 Å². The van der Waals surface area contributed by atoms with Crippen LogP contribution in [-0.2, 0) is 9.53 Å². The molecule has 1 aliphatic rings. The monoisotopic (exact) mass is 342 g/mol. The summed E-state index contributed by atoms with van der Waals surface area (Å²) in [6, 6.07) is 13.8. The van der Waals surface area contributed by atoms with Crippen molar-refractivity contribution >= 4 is 22.8 Å². The Kier molecular flexibility index (Phi) is 5.38. The van der Waals surface area contributed by atoms with E-state index < -0.39 is 0 Å². The van der Waals surface area contributed by atoms with Crippen LogP contribution in [0.5, 0.6) is 5.75 Å². The standard InChI is InChI=1S/C19H22N2O4/c1-2-24-19(23)21-11-9-20(10-12-21)18(22)14-25-17-8-7-15-5-3-4-6-16(15)13-17/h3-8,13H,2,9-12,14H2,1H3. The van der Waals surface area contributed by atoms with E-state index in [4.69, 9.17) is 9.47 Å². The molecule has 2 aromatic carbocycles. The first kappa shape index (κ1) is 17.1. The summed E-state index contributed by atoms with van der Waals surface area (Å²) in [5.41, 5.74) is 0. The van der Waals surface area contributed by atoms with Gasteiger partial charge in [0.15, 0.2) is 6.61 Å². The van der Waals surface area contributed by atoms with Gasteiger partial charge in [-0.2, -0.15) is 0 Å². The Balaban J connectivity index is 1.50. The predicted octanol–water partition coefficient (Wildman–Crippen LogP) is 2.52. The highest BCUT2D eigenvalue weighted by Crippen LogP contribution is 2.20. The molecule has 0 spiro atoms. The SMILES string of the molecule is CCOC(=O)N1CCN(C(=O)COc2ccc3ccccc3c2)CC1. The molecule has 0 bridgehead atoms. The zero-order valence-corrected chi connectivity index (χ0v) is 14.3. The zero-order chi connectivity index (χ0) is 17.6. The molecule has 0 atom stereocenters. The van der Waals surface area contributed by atoms with E-state index in [-0.39, 0.29) is 18.6 Å². The highest BCUT2D eigenvalue weighted by Gasteiger charge is 2.24. The number of nitrogens with zero attached hydrogens (tertiary/aromatic N) is 2. The van der Waals surface area contributed by atoms with Gasteiger partial charge in [-0.25, -0.2) is 4.79 Å². The quantitative estimate of drug-likeness (QED) is 0.857. The van der Waals surface area contributed by atoms with Gasteiger partial charge in [-0.05, 0) is 29.8 Å². The van der Waals surface area contributed by atoms with E-state index in [1.165, 1.54) is 0 Å². The first-order chi connectivity index (χ1) is 12.2. The summed E-state index contributed by atoms with van der Waals surface area (Å²) in [5, 5.41) is 2.21. The third-order valence-electron chi connectivity index (χ3n) is 4.24. The third kappa shape index (κ3) is 4.21. The number of amides is 2. The largest absolute Gasteiger partial charge is 0.484 e. The van der Waals surface area contributed by atoms with Crippen LogP contribution in [0.15, 0.2) is 42.5 Å². The summed E-state index contributed by atoms with van der Waals surface area (Å²) >= 11 is 0. The molecule has 0 aliphatic carbocycles. The van der Waals surface area contributed by atoms with Gasteiger partial charge < -0.3 is 19.3 Å². The molecule has 6 heteroatoms. The van der Waals surface area contributed by atoms with E-state index in [2.05, 4.69) is 0 Å². The lowest BCUT2D eigenvalue weighted by atomic mass is 10.1. The molecule has 6 nitrogen and oxygen atoms in total. The summed E-state index contributed by atoms with van der Waals surface area (Å²) in [4.78, 5) is 27.3. The van der Waals surface area contributed by atoms with Gasteiger partial charge in [-0.1, -0.05) is 30.3 Å². The van der Waals surface area contributed by atoms with Crippen molar-refractivity contribution in [1.29, 1.82) is 0 Å². The normalized spacial score (nSPS) is 14.4. The minimum atomic E-state index is -0.318. The second-order valence-electron chi connectivity index (χ2n) is 5.86. The molecular weight excluding hydrogens is 320 g/mol. The van der Waals surface area contributed by atoms with Crippen molar-refractivity contribution in [3.8, 4) is 5.75 Å². The van der Waals surface area contributed by atoms with Gasteiger partial charge in [-0.15, -0.1) is 0 Å². The van der Waals surface area contributed by atoms with Crippen molar-refractivity contribution < 1.29 is 19.1 Å². The van der Waals surface area contributed by atoms with E-state index in [0.717, 1.165) is 10.8 Å². The Hall–Kier alpha value is -2.76. The molecule has 0 saturated carbocycles. The number of benzene rings is 2. The molecular formula is C19H22N2O4. The number of ether oxygens (including phenoxy) is 2. The smallest absolute Gasteiger partial charge is 0.409 e. The van der Waals surface area contributed by atoms with Crippen LogP contribution in [0.25, 0.3) is 10.8 Å². The number of rotatable bonds is 4. The topological polar surface area (TPSA) is 59.1 Å². The Morgan fingerprint density at radius 3 is 2.36 bits per heavy atom. The van der Waals surface area contributed by atoms with Crippen LogP contribution < -0.4 is 4.74 Å². The van der Waals surface area contributed by atoms with E-state index in [1.54, 1.807) is 16.7 Å². The molecule has 1 saturated heterocycles. The average molecular weight is 342 g/mol. The molecule has 0 unspecified atom stereocenters. The number of hydrogen-bond acceptors (Lipinski definition) is 4. The molecule has 132 valence electrons. The summed E-state index contributed by atoms with van der Waals surface area (Å²) in [5.74, 6) is 0.605. The minimum Gasteiger partial charge on any atom is -0.484 e. The zero-order valence-electron chi connectivity index (χ0n) is 14.3. The highest BCUT2D eigenvalue weighted by molar-refractivity contribution is 5.84. The van der Waals surface area contributed by atoms with Crippen LogP contribution in [-0.4, -0.2) is 61.2 Å².